The van der Waals surface area contributed by atoms with Crippen molar-refractivity contribution >= 4 is 5.97 Å². The third-order valence-electron chi connectivity index (χ3n) is 2.62. The topological polar surface area (TPSA) is 38.8 Å². The molecule has 3 nitrogen and oxygen atoms in total. The van der Waals surface area contributed by atoms with Gasteiger partial charge in [0.1, 0.15) is 0 Å². The number of hydrogen-bond donors (Lipinski definition) is 0. The molecule has 3 heteroatoms. The van der Waals surface area contributed by atoms with Gasteiger partial charge in [-0.15, -0.1) is 0 Å². The van der Waals surface area contributed by atoms with Crippen LogP contribution in [0.4, 0.5) is 0 Å². The Morgan fingerprint density at radius 3 is 2.69 bits per heavy atom. The largest absolute Gasteiger partial charge is 0.462 e. The van der Waals surface area contributed by atoms with Crippen LogP contribution in [0.3, 0.4) is 0 Å². The Morgan fingerprint density at radius 1 is 1.54 bits per heavy atom. The van der Waals surface area contributed by atoms with Crippen LogP contribution in [0, 0.1) is 5.92 Å². The van der Waals surface area contributed by atoms with Crippen molar-refractivity contribution in [2.45, 2.75) is 32.0 Å². The molecule has 0 amide bonds. The fourth-order valence-electron chi connectivity index (χ4n) is 1.80. The Hall–Kier alpha value is -0.830. The molecule has 1 saturated carbocycles. The molecule has 0 aromatic carbocycles. The molecule has 1 saturated heterocycles. The van der Waals surface area contributed by atoms with E-state index < -0.39 is 0 Å². The van der Waals surface area contributed by atoms with Crippen LogP contribution in [0.2, 0.25) is 0 Å². The Kier molecular flexibility index (Phi) is 2.12. The molecule has 2 aliphatic rings. The molecule has 1 heterocycles. The molecule has 0 radical (unpaired) electrons. The number of fused-ring (bicyclic) bond motifs is 1. The second kappa shape index (κ2) is 3.14. The first-order valence-corrected chi connectivity index (χ1v) is 4.65. The van der Waals surface area contributed by atoms with Crippen molar-refractivity contribution in [3.8, 4) is 0 Å². The van der Waals surface area contributed by atoms with Gasteiger partial charge in [-0.05, 0) is 25.7 Å². The second-order valence-corrected chi connectivity index (χ2v) is 3.93. The first kappa shape index (κ1) is 8.75. The monoisotopic (exact) mass is 182 g/mol. The van der Waals surface area contributed by atoms with E-state index in [0.29, 0.717) is 30.3 Å². The minimum atomic E-state index is -0.276. The average molecular weight is 182 g/mol. The van der Waals surface area contributed by atoms with Crippen molar-refractivity contribution in [2.75, 3.05) is 6.61 Å². The van der Waals surface area contributed by atoms with E-state index in [0.717, 1.165) is 12.8 Å². The number of carbonyl (C=O) groups is 1. The van der Waals surface area contributed by atoms with Crippen LogP contribution in [0.25, 0.3) is 0 Å². The molecule has 0 aromatic heterocycles. The van der Waals surface area contributed by atoms with Crippen LogP contribution in [-0.2, 0) is 14.3 Å². The minimum Gasteiger partial charge on any atom is -0.462 e. The minimum absolute atomic E-state index is 0.276. The zero-order valence-electron chi connectivity index (χ0n) is 7.79. The van der Waals surface area contributed by atoms with Gasteiger partial charge in [0.15, 0.2) is 0 Å². The van der Waals surface area contributed by atoms with Gasteiger partial charge in [0.2, 0.25) is 0 Å². The van der Waals surface area contributed by atoms with Gasteiger partial charge in [0.25, 0.3) is 0 Å². The van der Waals surface area contributed by atoms with Crippen LogP contribution in [-0.4, -0.2) is 24.8 Å². The maximum Gasteiger partial charge on any atom is 0.333 e. The molecule has 2 fully saturated rings. The van der Waals surface area contributed by atoms with Crippen molar-refractivity contribution in [1.82, 2.24) is 0 Å². The highest BCUT2D eigenvalue weighted by Crippen LogP contribution is 2.42. The highest BCUT2D eigenvalue weighted by Gasteiger charge is 2.48. The van der Waals surface area contributed by atoms with Crippen LogP contribution in [0.15, 0.2) is 12.2 Å². The molecular weight excluding hydrogens is 168 g/mol. The maximum atomic E-state index is 11.0. The number of esters is 1. The smallest absolute Gasteiger partial charge is 0.333 e. The fraction of sp³-hybridized carbons (Fsp3) is 0.700. The van der Waals surface area contributed by atoms with Crippen LogP contribution >= 0.6 is 0 Å². The van der Waals surface area contributed by atoms with E-state index in [9.17, 15) is 4.79 Å². The number of rotatable bonds is 3. The Labute approximate surface area is 77.7 Å². The lowest BCUT2D eigenvalue weighted by atomic mass is 10.1. The van der Waals surface area contributed by atoms with E-state index >= 15 is 0 Å². The van der Waals surface area contributed by atoms with Gasteiger partial charge in [0.05, 0.1) is 18.8 Å². The van der Waals surface area contributed by atoms with Crippen molar-refractivity contribution < 1.29 is 14.3 Å². The van der Waals surface area contributed by atoms with Gasteiger partial charge >= 0.3 is 5.97 Å². The molecule has 2 rings (SSSR count). The predicted octanol–water partition coefficient (Wildman–Crippen LogP) is 1.28. The molecule has 2 unspecified atom stereocenters. The Morgan fingerprint density at radius 2 is 2.15 bits per heavy atom. The summed E-state index contributed by atoms with van der Waals surface area (Å²) in [6.07, 6.45) is 3.03. The number of carbonyl (C=O) groups excluding carboxylic acids is 1. The lowest BCUT2D eigenvalue weighted by Crippen LogP contribution is -2.14. The van der Waals surface area contributed by atoms with Crippen molar-refractivity contribution in [1.29, 1.82) is 0 Å². The summed E-state index contributed by atoms with van der Waals surface area (Å²) in [5, 5.41) is 0. The zero-order valence-corrected chi connectivity index (χ0v) is 7.79. The van der Waals surface area contributed by atoms with E-state index in [2.05, 4.69) is 6.58 Å². The molecule has 0 spiro atoms. The van der Waals surface area contributed by atoms with E-state index in [1.54, 1.807) is 6.92 Å². The second-order valence-electron chi connectivity index (χ2n) is 3.93. The molecule has 13 heavy (non-hydrogen) atoms. The van der Waals surface area contributed by atoms with E-state index in [1.807, 2.05) is 0 Å². The van der Waals surface area contributed by atoms with Crippen LogP contribution < -0.4 is 0 Å². The van der Waals surface area contributed by atoms with E-state index in [1.165, 1.54) is 0 Å². The summed E-state index contributed by atoms with van der Waals surface area (Å²) in [6.45, 7) is 5.72. The SMILES string of the molecule is C=C(C)C(=O)OCC1CC2OC2C1. The summed E-state index contributed by atoms with van der Waals surface area (Å²) in [4.78, 5) is 11.0. The van der Waals surface area contributed by atoms with Gasteiger partial charge in [-0.1, -0.05) is 6.58 Å². The van der Waals surface area contributed by atoms with E-state index in [-0.39, 0.29) is 5.97 Å². The quantitative estimate of drug-likeness (QED) is 0.375. The van der Waals surface area contributed by atoms with Gasteiger partial charge in [-0.2, -0.15) is 0 Å². The normalized spacial score (nSPS) is 35.3. The van der Waals surface area contributed by atoms with Crippen LogP contribution in [0.5, 0.6) is 0 Å². The molecule has 0 aromatic rings. The lowest BCUT2D eigenvalue weighted by molar-refractivity contribution is -0.140. The highest BCUT2D eigenvalue weighted by atomic mass is 16.6. The van der Waals surface area contributed by atoms with Gasteiger partial charge in [-0.25, -0.2) is 4.79 Å². The first-order chi connectivity index (χ1) is 6.16. The summed E-state index contributed by atoms with van der Waals surface area (Å²) >= 11 is 0. The third kappa shape index (κ3) is 1.91. The van der Waals surface area contributed by atoms with Crippen molar-refractivity contribution in [3.05, 3.63) is 12.2 Å². The first-order valence-electron chi connectivity index (χ1n) is 4.65. The molecular formula is C10H14O3. The molecule has 1 aliphatic carbocycles. The highest BCUT2D eigenvalue weighted by molar-refractivity contribution is 5.86. The Balaban J connectivity index is 1.68. The molecule has 0 N–H and O–H groups in total. The third-order valence-corrected chi connectivity index (χ3v) is 2.62. The summed E-state index contributed by atoms with van der Waals surface area (Å²) in [7, 11) is 0. The summed E-state index contributed by atoms with van der Waals surface area (Å²) < 4.78 is 10.3. The molecule has 1 aliphatic heterocycles. The average Bonchev–Trinajstić information content (AvgIpc) is 2.70. The summed E-state index contributed by atoms with van der Waals surface area (Å²) in [6, 6.07) is 0. The van der Waals surface area contributed by atoms with E-state index in [4.69, 9.17) is 9.47 Å². The van der Waals surface area contributed by atoms with Gasteiger partial charge in [-0.3, -0.25) is 0 Å². The molecule has 0 bridgehead atoms. The summed E-state index contributed by atoms with van der Waals surface area (Å²) in [5.41, 5.74) is 0.472. The number of hydrogen-bond acceptors (Lipinski definition) is 3. The van der Waals surface area contributed by atoms with Gasteiger partial charge in [0, 0.05) is 5.57 Å². The zero-order chi connectivity index (χ0) is 9.42. The number of epoxide rings is 1. The Bertz CT molecular complexity index is 237. The predicted molar refractivity (Wildman–Crippen MR) is 47.2 cm³/mol. The maximum absolute atomic E-state index is 11.0. The standard InChI is InChI=1S/C10H14O3/c1-6(2)10(11)12-5-7-3-8-9(4-7)13-8/h7-9H,1,3-5H2,2H3. The molecule has 2 atom stereocenters. The fourth-order valence-corrected chi connectivity index (χ4v) is 1.80. The van der Waals surface area contributed by atoms with Crippen molar-refractivity contribution in [2.24, 2.45) is 5.92 Å². The summed E-state index contributed by atoms with van der Waals surface area (Å²) in [5.74, 6) is 0.230. The number of ether oxygens (including phenoxy) is 2. The van der Waals surface area contributed by atoms with Gasteiger partial charge < -0.3 is 9.47 Å². The lowest BCUT2D eigenvalue weighted by Gasteiger charge is -2.11. The molecule has 72 valence electrons. The van der Waals surface area contributed by atoms with Crippen molar-refractivity contribution in [3.63, 3.8) is 0 Å². The van der Waals surface area contributed by atoms with Crippen LogP contribution in [0.1, 0.15) is 19.8 Å².